The maximum absolute atomic E-state index is 11.1. The van der Waals surface area contributed by atoms with E-state index in [1.807, 2.05) is 50.3 Å². The number of benzene rings is 1. The molecule has 0 radical (unpaired) electrons. The van der Waals surface area contributed by atoms with Crippen LogP contribution in [0, 0.1) is 5.92 Å². The first-order valence-corrected chi connectivity index (χ1v) is 13.5. The van der Waals surface area contributed by atoms with E-state index in [0.29, 0.717) is 30.3 Å². The van der Waals surface area contributed by atoms with Crippen LogP contribution in [0.15, 0.2) is 61.2 Å². The van der Waals surface area contributed by atoms with Gasteiger partial charge in [0.2, 0.25) is 0 Å². The number of rotatable bonds is 16. The van der Waals surface area contributed by atoms with Crippen LogP contribution in [0.1, 0.15) is 104 Å². The molecule has 4 heteroatoms. The Morgan fingerprint density at radius 3 is 1.61 bits per heavy atom. The first-order chi connectivity index (χ1) is 17.1. The van der Waals surface area contributed by atoms with Crippen LogP contribution in [-0.2, 0) is 19.1 Å². The molecule has 0 spiro atoms. The molecule has 4 nitrogen and oxygen atoms in total. The van der Waals surface area contributed by atoms with Crippen molar-refractivity contribution >= 4 is 18.0 Å². The molecule has 204 valence electrons. The fraction of sp³-hybridized carbons (Fsp3) is 0.562. The Bertz CT molecular complexity index is 719. The fourth-order valence-corrected chi connectivity index (χ4v) is 2.83. The van der Waals surface area contributed by atoms with Gasteiger partial charge in [0, 0.05) is 11.1 Å². The number of hydrogen-bond acceptors (Lipinski definition) is 4. The Labute approximate surface area is 221 Å². The van der Waals surface area contributed by atoms with E-state index in [1.54, 1.807) is 13.8 Å². The molecule has 1 rings (SSSR count). The highest BCUT2D eigenvalue weighted by Crippen LogP contribution is 2.10. The van der Waals surface area contributed by atoms with E-state index in [1.165, 1.54) is 63.4 Å². The lowest BCUT2D eigenvalue weighted by molar-refractivity contribution is -0.140. The van der Waals surface area contributed by atoms with Gasteiger partial charge in [0.15, 0.2) is 0 Å². The Kier molecular flexibility index (Phi) is 25.1. The molecule has 1 aromatic rings. The van der Waals surface area contributed by atoms with Crippen molar-refractivity contribution in [3.8, 4) is 0 Å². The summed E-state index contributed by atoms with van der Waals surface area (Å²) in [5.74, 6) is -0.164. The summed E-state index contributed by atoms with van der Waals surface area (Å²) in [6.45, 7) is 21.2. The highest BCUT2D eigenvalue weighted by molar-refractivity contribution is 5.87. The van der Waals surface area contributed by atoms with Crippen molar-refractivity contribution in [3.63, 3.8) is 0 Å². The van der Waals surface area contributed by atoms with Crippen molar-refractivity contribution in [1.82, 2.24) is 0 Å². The lowest BCUT2D eigenvalue weighted by Gasteiger charge is -2.05. The van der Waals surface area contributed by atoms with Crippen LogP contribution in [0.3, 0.4) is 0 Å². The summed E-state index contributed by atoms with van der Waals surface area (Å²) >= 11 is 0. The predicted octanol–water partition coefficient (Wildman–Crippen LogP) is 9.12. The van der Waals surface area contributed by atoms with Crippen molar-refractivity contribution in [2.24, 2.45) is 5.92 Å². The number of carbonyl (C=O) groups excluding carboxylic acids is 2. The van der Waals surface area contributed by atoms with Gasteiger partial charge in [-0.05, 0) is 31.7 Å². The molecule has 0 fully saturated rings. The normalized spacial score (nSPS) is 9.72. The summed E-state index contributed by atoms with van der Waals surface area (Å²) < 4.78 is 9.86. The van der Waals surface area contributed by atoms with Crippen LogP contribution >= 0.6 is 0 Å². The minimum absolute atomic E-state index is 0.258. The molecule has 0 atom stereocenters. The molecule has 0 aliphatic rings. The van der Waals surface area contributed by atoms with Crippen molar-refractivity contribution in [1.29, 1.82) is 0 Å². The maximum Gasteiger partial charge on any atom is 0.333 e. The quantitative estimate of drug-likeness (QED) is 0.129. The zero-order valence-corrected chi connectivity index (χ0v) is 23.8. The van der Waals surface area contributed by atoms with Gasteiger partial charge in [0.05, 0.1) is 13.2 Å². The first kappa shape index (κ1) is 35.5. The van der Waals surface area contributed by atoms with Crippen LogP contribution < -0.4 is 0 Å². The summed E-state index contributed by atoms with van der Waals surface area (Å²) in [7, 11) is 0. The maximum atomic E-state index is 11.1. The molecule has 0 aliphatic heterocycles. The van der Waals surface area contributed by atoms with Gasteiger partial charge in [-0.1, -0.05) is 135 Å². The van der Waals surface area contributed by atoms with Crippen molar-refractivity contribution in [2.75, 3.05) is 13.2 Å². The van der Waals surface area contributed by atoms with Crippen LogP contribution in [0.2, 0.25) is 0 Å². The Hall–Kier alpha value is -2.62. The summed E-state index contributed by atoms with van der Waals surface area (Å²) in [6.07, 6.45) is 14.8. The Morgan fingerprint density at radius 1 is 0.778 bits per heavy atom. The zero-order chi connectivity index (χ0) is 27.6. The van der Waals surface area contributed by atoms with E-state index in [0.717, 1.165) is 6.42 Å². The van der Waals surface area contributed by atoms with Crippen molar-refractivity contribution in [2.45, 2.75) is 98.8 Å². The average Bonchev–Trinajstić information content (AvgIpc) is 2.86. The SMILES string of the molecule is C=C(C)C(=O)OCC(C)C.C=C(C)C(=O)OCCCCCCCCCCCC.C=Cc1ccccc1. The van der Waals surface area contributed by atoms with E-state index >= 15 is 0 Å². The lowest BCUT2D eigenvalue weighted by Crippen LogP contribution is -2.09. The van der Waals surface area contributed by atoms with E-state index in [9.17, 15) is 9.59 Å². The fourth-order valence-electron chi connectivity index (χ4n) is 2.83. The summed E-state index contributed by atoms with van der Waals surface area (Å²) in [5.41, 5.74) is 2.12. The third kappa shape index (κ3) is 26.0. The van der Waals surface area contributed by atoms with E-state index < -0.39 is 0 Å². The van der Waals surface area contributed by atoms with Gasteiger partial charge in [0.1, 0.15) is 0 Å². The smallest absolute Gasteiger partial charge is 0.333 e. The van der Waals surface area contributed by atoms with Crippen LogP contribution in [0.5, 0.6) is 0 Å². The van der Waals surface area contributed by atoms with E-state index in [2.05, 4.69) is 26.7 Å². The molecule has 0 saturated heterocycles. The van der Waals surface area contributed by atoms with Gasteiger partial charge in [-0.3, -0.25) is 0 Å². The number of unbranched alkanes of at least 4 members (excludes halogenated alkanes) is 9. The molecule has 0 N–H and O–H groups in total. The number of carbonyl (C=O) groups is 2. The molecular formula is C32H52O4. The molecule has 0 saturated carbocycles. The Balaban J connectivity index is 0. The second-order valence-electron chi connectivity index (χ2n) is 9.49. The zero-order valence-electron chi connectivity index (χ0n) is 23.8. The monoisotopic (exact) mass is 500 g/mol. The largest absolute Gasteiger partial charge is 0.462 e. The van der Waals surface area contributed by atoms with E-state index in [4.69, 9.17) is 9.47 Å². The molecular weight excluding hydrogens is 448 g/mol. The third-order valence-corrected chi connectivity index (χ3v) is 5.01. The van der Waals surface area contributed by atoms with Gasteiger partial charge in [0.25, 0.3) is 0 Å². The van der Waals surface area contributed by atoms with Crippen LogP contribution in [0.4, 0.5) is 0 Å². The molecule has 0 unspecified atom stereocenters. The minimum atomic E-state index is -0.297. The average molecular weight is 501 g/mol. The van der Waals surface area contributed by atoms with Crippen LogP contribution in [-0.4, -0.2) is 25.2 Å². The third-order valence-electron chi connectivity index (χ3n) is 5.01. The summed E-state index contributed by atoms with van der Waals surface area (Å²) in [5, 5.41) is 0. The van der Waals surface area contributed by atoms with Crippen LogP contribution in [0.25, 0.3) is 6.08 Å². The van der Waals surface area contributed by atoms with Gasteiger partial charge in [-0.15, -0.1) is 0 Å². The topological polar surface area (TPSA) is 52.6 Å². The second kappa shape index (κ2) is 25.5. The van der Waals surface area contributed by atoms with Gasteiger partial charge in [-0.2, -0.15) is 0 Å². The molecule has 0 aliphatic carbocycles. The second-order valence-corrected chi connectivity index (χ2v) is 9.49. The molecule has 0 aromatic heterocycles. The number of esters is 2. The Morgan fingerprint density at radius 2 is 1.22 bits per heavy atom. The summed E-state index contributed by atoms with van der Waals surface area (Å²) in [4.78, 5) is 21.8. The molecule has 0 heterocycles. The summed E-state index contributed by atoms with van der Waals surface area (Å²) in [6, 6.07) is 10.0. The first-order valence-electron chi connectivity index (χ1n) is 13.5. The highest BCUT2D eigenvalue weighted by Gasteiger charge is 2.03. The van der Waals surface area contributed by atoms with Gasteiger partial charge < -0.3 is 9.47 Å². The molecule has 0 bridgehead atoms. The van der Waals surface area contributed by atoms with E-state index in [-0.39, 0.29) is 11.9 Å². The van der Waals surface area contributed by atoms with Crippen molar-refractivity contribution in [3.05, 3.63) is 66.8 Å². The molecule has 1 aromatic carbocycles. The van der Waals surface area contributed by atoms with Gasteiger partial charge in [-0.25, -0.2) is 9.59 Å². The number of hydrogen-bond donors (Lipinski definition) is 0. The van der Waals surface area contributed by atoms with Crippen molar-refractivity contribution < 1.29 is 19.1 Å². The van der Waals surface area contributed by atoms with Gasteiger partial charge >= 0.3 is 11.9 Å². The molecule has 0 amide bonds. The highest BCUT2D eigenvalue weighted by atomic mass is 16.5. The predicted molar refractivity (Wildman–Crippen MR) is 155 cm³/mol. The molecule has 36 heavy (non-hydrogen) atoms. The minimum Gasteiger partial charge on any atom is -0.462 e. The standard InChI is InChI=1S/C16H30O2.C8H14O2.C8H8/c1-4-5-6-7-8-9-10-11-12-13-14-18-16(17)15(2)3;1-6(2)5-10-8(9)7(3)4;1-2-8-6-4-3-5-7-8/h2,4-14H2,1,3H3;6H,3,5H2,1-2,4H3;2-7H,1H2. The number of ether oxygens (including phenoxy) is 2. The lowest BCUT2D eigenvalue weighted by atomic mass is 10.1.